The average Bonchev–Trinajstić information content (AvgIpc) is 1.90. The van der Waals surface area contributed by atoms with Gasteiger partial charge >= 0.3 is 6.03 Å². The van der Waals surface area contributed by atoms with E-state index in [0.717, 1.165) is 25.9 Å². The molecule has 0 unspecified atom stereocenters. The van der Waals surface area contributed by atoms with Gasteiger partial charge in [0.1, 0.15) is 0 Å². The van der Waals surface area contributed by atoms with Gasteiger partial charge in [-0.3, -0.25) is 0 Å². The molecule has 3 nitrogen and oxygen atoms in total. The number of hydrogen-bond donors (Lipinski definition) is 1. The Kier molecular flexibility index (Phi) is 4.19. The van der Waals surface area contributed by atoms with Crippen molar-refractivity contribution >= 4 is 18.4 Å². The van der Waals surface area contributed by atoms with Crippen LogP contribution in [-0.4, -0.2) is 24.0 Å². The van der Waals surface area contributed by atoms with E-state index in [1.54, 1.807) is 4.90 Å². The molecule has 1 rings (SSSR count). The molecule has 0 aromatic carbocycles. The molecule has 1 radical (unpaired) electrons. The predicted molar refractivity (Wildman–Crippen MR) is 41.9 cm³/mol. The van der Waals surface area contributed by atoms with Crippen LogP contribution in [-0.2, 0) is 0 Å². The van der Waals surface area contributed by atoms with Crippen LogP contribution in [0.2, 0.25) is 0 Å². The zero-order valence-corrected chi connectivity index (χ0v) is 6.56. The molecule has 0 atom stereocenters. The lowest BCUT2D eigenvalue weighted by Crippen LogP contribution is -2.39. The van der Waals surface area contributed by atoms with E-state index in [4.69, 9.17) is 5.73 Å². The molecule has 0 aromatic rings. The van der Waals surface area contributed by atoms with Gasteiger partial charge in [0.25, 0.3) is 0 Å². The number of primary amides is 1. The molecule has 0 spiro atoms. The molecule has 1 saturated heterocycles. The van der Waals surface area contributed by atoms with Gasteiger partial charge in [-0.2, -0.15) is 0 Å². The number of piperidine rings is 1. The summed E-state index contributed by atoms with van der Waals surface area (Å²) in [5, 5.41) is 0. The summed E-state index contributed by atoms with van der Waals surface area (Å²) >= 11 is 0. The average molecular weight is 164 g/mol. The Bertz CT molecular complexity index is 112. The number of amides is 2. The summed E-state index contributed by atoms with van der Waals surface area (Å²) in [6.07, 6.45) is 4.16. The minimum absolute atomic E-state index is 0. The van der Waals surface area contributed by atoms with E-state index >= 15 is 0 Å². The second-order valence-electron chi connectivity index (χ2n) is 2.19. The number of halogens is 1. The lowest BCUT2D eigenvalue weighted by molar-refractivity contribution is 0.203. The third-order valence-corrected chi connectivity index (χ3v) is 1.52. The first-order valence-corrected chi connectivity index (χ1v) is 3.17. The van der Waals surface area contributed by atoms with Crippen molar-refractivity contribution in [3.8, 4) is 0 Å². The molecule has 2 amide bonds. The molecule has 1 aliphatic heterocycles. The molecule has 1 aliphatic rings. The summed E-state index contributed by atoms with van der Waals surface area (Å²) in [5.41, 5.74) is 5.04. The molecule has 0 aliphatic carbocycles. The van der Waals surface area contributed by atoms with Crippen LogP contribution in [0.5, 0.6) is 0 Å². The van der Waals surface area contributed by atoms with Crippen LogP contribution in [0, 0.1) is 6.42 Å². The molecule has 2 N–H and O–H groups in total. The number of carbonyl (C=O) groups is 1. The smallest absolute Gasteiger partial charge is 0.314 e. The van der Waals surface area contributed by atoms with Crippen LogP contribution in [0.1, 0.15) is 12.8 Å². The summed E-state index contributed by atoms with van der Waals surface area (Å²) < 4.78 is 0. The molecule has 1 heterocycles. The first-order valence-electron chi connectivity index (χ1n) is 3.17. The third-order valence-electron chi connectivity index (χ3n) is 1.52. The van der Waals surface area contributed by atoms with Gasteiger partial charge in [0.2, 0.25) is 0 Å². The molecular formula is C6H12ClN2O. The maximum Gasteiger partial charge on any atom is 0.314 e. The normalized spacial score (nSPS) is 17.8. The van der Waals surface area contributed by atoms with Crippen LogP contribution in [0.4, 0.5) is 4.79 Å². The van der Waals surface area contributed by atoms with Crippen molar-refractivity contribution < 1.29 is 4.79 Å². The first-order chi connectivity index (χ1) is 4.30. The van der Waals surface area contributed by atoms with Crippen LogP contribution in [0.3, 0.4) is 0 Å². The summed E-state index contributed by atoms with van der Waals surface area (Å²) in [5.74, 6) is 0. The van der Waals surface area contributed by atoms with Gasteiger partial charge in [0.15, 0.2) is 0 Å². The van der Waals surface area contributed by atoms with Crippen molar-refractivity contribution in [2.75, 3.05) is 13.1 Å². The van der Waals surface area contributed by atoms with E-state index in [2.05, 4.69) is 6.42 Å². The highest BCUT2D eigenvalue weighted by Crippen LogP contribution is 2.05. The van der Waals surface area contributed by atoms with Crippen molar-refractivity contribution in [3.05, 3.63) is 6.42 Å². The molecule has 0 saturated carbocycles. The number of urea groups is 1. The van der Waals surface area contributed by atoms with E-state index < -0.39 is 0 Å². The van der Waals surface area contributed by atoms with Gasteiger partial charge in [-0.15, -0.1) is 12.4 Å². The van der Waals surface area contributed by atoms with E-state index in [1.807, 2.05) is 0 Å². The van der Waals surface area contributed by atoms with E-state index in [0.29, 0.717) is 0 Å². The maximum absolute atomic E-state index is 10.5. The van der Waals surface area contributed by atoms with Gasteiger partial charge < -0.3 is 10.6 Å². The zero-order valence-electron chi connectivity index (χ0n) is 5.75. The summed E-state index contributed by atoms with van der Waals surface area (Å²) in [4.78, 5) is 12.2. The Morgan fingerprint density at radius 3 is 2.20 bits per heavy atom. The molecule has 4 heteroatoms. The van der Waals surface area contributed by atoms with Gasteiger partial charge in [-0.05, 0) is 19.3 Å². The van der Waals surface area contributed by atoms with Crippen LogP contribution in [0.25, 0.3) is 0 Å². The van der Waals surface area contributed by atoms with Gasteiger partial charge in [0.05, 0.1) is 0 Å². The SMILES string of the molecule is Cl.NC(=O)N1CC[CH]CC1. The molecule has 59 valence electrons. The van der Waals surface area contributed by atoms with Gasteiger partial charge in [-0.25, -0.2) is 4.79 Å². The van der Waals surface area contributed by atoms with E-state index in [-0.39, 0.29) is 18.4 Å². The molecule has 1 fully saturated rings. The molecule has 0 aromatic heterocycles. The summed E-state index contributed by atoms with van der Waals surface area (Å²) in [7, 11) is 0. The van der Waals surface area contributed by atoms with Crippen LogP contribution >= 0.6 is 12.4 Å². The number of nitrogens with zero attached hydrogens (tertiary/aromatic N) is 1. The molecule has 0 bridgehead atoms. The highest BCUT2D eigenvalue weighted by atomic mass is 35.5. The van der Waals surface area contributed by atoms with Crippen molar-refractivity contribution in [1.82, 2.24) is 4.90 Å². The molecular weight excluding hydrogens is 152 g/mol. The minimum atomic E-state index is -0.289. The second kappa shape index (κ2) is 4.39. The van der Waals surface area contributed by atoms with Gasteiger partial charge in [0, 0.05) is 13.1 Å². The number of nitrogens with two attached hydrogens (primary N) is 1. The Balaban J connectivity index is 0.000000810. The molecule has 10 heavy (non-hydrogen) atoms. The number of rotatable bonds is 0. The second-order valence-corrected chi connectivity index (χ2v) is 2.19. The monoisotopic (exact) mass is 163 g/mol. The lowest BCUT2D eigenvalue weighted by atomic mass is 10.1. The van der Waals surface area contributed by atoms with E-state index in [1.165, 1.54) is 0 Å². The topological polar surface area (TPSA) is 46.3 Å². The fourth-order valence-electron chi connectivity index (χ4n) is 0.971. The maximum atomic E-state index is 10.5. The number of likely N-dealkylation sites (tertiary alicyclic amines) is 1. The van der Waals surface area contributed by atoms with Crippen LogP contribution < -0.4 is 5.73 Å². The number of carbonyl (C=O) groups excluding carboxylic acids is 1. The fourth-order valence-corrected chi connectivity index (χ4v) is 0.971. The minimum Gasteiger partial charge on any atom is -0.351 e. The summed E-state index contributed by atoms with van der Waals surface area (Å²) in [6, 6.07) is -0.289. The highest BCUT2D eigenvalue weighted by Gasteiger charge is 2.11. The Morgan fingerprint density at radius 1 is 1.40 bits per heavy atom. The zero-order chi connectivity index (χ0) is 6.69. The Labute approximate surface area is 67.0 Å². The van der Waals surface area contributed by atoms with Crippen molar-refractivity contribution in [3.63, 3.8) is 0 Å². The standard InChI is InChI=1S/C6H11N2O.ClH/c7-6(9)8-4-2-1-3-5-8;/h1H,2-5H2,(H2,7,9);1H. The lowest BCUT2D eigenvalue weighted by Gasteiger charge is -2.23. The Hall–Kier alpha value is -0.440. The predicted octanol–water partition coefficient (Wildman–Crippen LogP) is 0.787. The fraction of sp³-hybridized carbons (Fsp3) is 0.667. The largest absolute Gasteiger partial charge is 0.351 e. The number of hydrogen-bond acceptors (Lipinski definition) is 1. The highest BCUT2D eigenvalue weighted by molar-refractivity contribution is 5.85. The quantitative estimate of drug-likeness (QED) is 0.564. The van der Waals surface area contributed by atoms with Crippen molar-refractivity contribution in [2.45, 2.75) is 12.8 Å². The van der Waals surface area contributed by atoms with Gasteiger partial charge in [-0.1, -0.05) is 0 Å². The Morgan fingerprint density at radius 2 is 1.90 bits per heavy atom. The summed E-state index contributed by atoms with van der Waals surface area (Å²) in [6.45, 7) is 1.60. The van der Waals surface area contributed by atoms with Crippen molar-refractivity contribution in [2.24, 2.45) is 5.73 Å². The van der Waals surface area contributed by atoms with Crippen LogP contribution in [0.15, 0.2) is 0 Å². The third kappa shape index (κ3) is 2.43. The van der Waals surface area contributed by atoms with Crippen molar-refractivity contribution in [1.29, 1.82) is 0 Å². The van der Waals surface area contributed by atoms with E-state index in [9.17, 15) is 4.79 Å². The first kappa shape index (κ1) is 9.56.